The molecule has 18 heavy (non-hydrogen) atoms. The van der Waals surface area contributed by atoms with Crippen molar-refractivity contribution < 1.29 is 8.42 Å². The second kappa shape index (κ2) is 4.51. The number of hydrogen-bond donors (Lipinski definition) is 1. The fourth-order valence-corrected chi connectivity index (χ4v) is 4.64. The lowest BCUT2D eigenvalue weighted by Crippen LogP contribution is -2.43. The van der Waals surface area contributed by atoms with E-state index in [0.717, 1.165) is 11.4 Å². The average Bonchev–Trinajstić information content (AvgIpc) is 2.69. The van der Waals surface area contributed by atoms with Crippen LogP contribution in [0.5, 0.6) is 0 Å². The third-order valence-corrected chi connectivity index (χ3v) is 5.72. The maximum absolute atomic E-state index is 11.5. The number of nitrogens with two attached hydrogens (primary N) is 1. The molecule has 0 spiro atoms. The molecule has 0 amide bonds. The molecule has 0 bridgehead atoms. The minimum absolute atomic E-state index is 0.0320. The first-order chi connectivity index (χ1) is 8.26. The highest BCUT2D eigenvalue weighted by Gasteiger charge is 2.40. The van der Waals surface area contributed by atoms with E-state index in [1.54, 1.807) is 4.68 Å². The van der Waals surface area contributed by atoms with Gasteiger partial charge >= 0.3 is 0 Å². The van der Waals surface area contributed by atoms with Crippen molar-refractivity contribution in [3.63, 3.8) is 0 Å². The standard InChI is InChI=1S/C11H18ClN3O2S/c1-3-15-9(10(12)8(2)14-15)6-11(13)4-5-18(16,17)7-11/h3-7,13H2,1-2H3. The Morgan fingerprint density at radius 2 is 2.22 bits per heavy atom. The molecule has 102 valence electrons. The first-order valence-electron chi connectivity index (χ1n) is 5.97. The van der Waals surface area contributed by atoms with E-state index in [1.807, 2.05) is 13.8 Å². The maximum atomic E-state index is 11.5. The summed E-state index contributed by atoms with van der Waals surface area (Å²) in [7, 11) is -3.00. The van der Waals surface area contributed by atoms with Gasteiger partial charge in [-0.05, 0) is 20.3 Å². The van der Waals surface area contributed by atoms with E-state index in [-0.39, 0.29) is 11.5 Å². The van der Waals surface area contributed by atoms with Crippen LogP contribution in [0.3, 0.4) is 0 Å². The van der Waals surface area contributed by atoms with Crippen LogP contribution in [0.1, 0.15) is 24.7 Å². The van der Waals surface area contributed by atoms with E-state index < -0.39 is 15.4 Å². The fraction of sp³-hybridized carbons (Fsp3) is 0.727. The Labute approximate surface area is 112 Å². The smallest absolute Gasteiger partial charge is 0.152 e. The van der Waals surface area contributed by atoms with Crippen LogP contribution in [0.2, 0.25) is 5.02 Å². The highest BCUT2D eigenvalue weighted by atomic mass is 35.5. The molecule has 0 saturated carbocycles. The summed E-state index contributed by atoms with van der Waals surface area (Å²) in [4.78, 5) is 0. The average molecular weight is 292 g/mol. The topological polar surface area (TPSA) is 78.0 Å². The van der Waals surface area contributed by atoms with E-state index in [0.29, 0.717) is 24.4 Å². The van der Waals surface area contributed by atoms with Crippen molar-refractivity contribution in [2.45, 2.75) is 38.8 Å². The minimum atomic E-state index is -3.00. The Morgan fingerprint density at radius 1 is 1.56 bits per heavy atom. The molecule has 1 unspecified atom stereocenters. The normalized spacial score (nSPS) is 26.7. The molecular formula is C11H18ClN3O2S. The number of aryl methyl sites for hydroxylation is 2. The van der Waals surface area contributed by atoms with E-state index in [4.69, 9.17) is 17.3 Å². The van der Waals surface area contributed by atoms with E-state index in [1.165, 1.54) is 0 Å². The van der Waals surface area contributed by atoms with E-state index in [2.05, 4.69) is 5.10 Å². The molecule has 1 saturated heterocycles. The van der Waals surface area contributed by atoms with Crippen LogP contribution in [0, 0.1) is 6.92 Å². The Balaban J connectivity index is 2.30. The first kappa shape index (κ1) is 13.8. The van der Waals surface area contributed by atoms with Crippen LogP contribution in [-0.2, 0) is 22.8 Å². The van der Waals surface area contributed by atoms with Gasteiger partial charge in [-0.15, -0.1) is 0 Å². The summed E-state index contributed by atoms with van der Waals surface area (Å²) in [6.45, 7) is 4.51. The Bertz CT molecular complexity index is 567. The predicted molar refractivity (Wildman–Crippen MR) is 71.5 cm³/mol. The van der Waals surface area contributed by atoms with Crippen LogP contribution in [0.15, 0.2) is 0 Å². The van der Waals surface area contributed by atoms with Gasteiger partial charge in [-0.3, -0.25) is 4.68 Å². The largest absolute Gasteiger partial charge is 0.324 e. The summed E-state index contributed by atoms with van der Waals surface area (Å²) in [6.07, 6.45) is 0.944. The van der Waals surface area contributed by atoms with E-state index in [9.17, 15) is 8.42 Å². The summed E-state index contributed by atoms with van der Waals surface area (Å²) in [5, 5.41) is 4.92. The van der Waals surface area contributed by atoms with Crippen molar-refractivity contribution >= 4 is 21.4 Å². The van der Waals surface area contributed by atoms with Crippen molar-refractivity contribution in [1.82, 2.24) is 9.78 Å². The lowest BCUT2D eigenvalue weighted by atomic mass is 9.94. The van der Waals surface area contributed by atoms with Crippen molar-refractivity contribution in [1.29, 1.82) is 0 Å². The van der Waals surface area contributed by atoms with Crippen LogP contribution in [0.25, 0.3) is 0 Å². The van der Waals surface area contributed by atoms with Gasteiger partial charge in [-0.1, -0.05) is 11.6 Å². The Kier molecular flexibility index (Phi) is 3.46. The fourth-order valence-electron chi connectivity index (χ4n) is 2.45. The molecule has 1 aliphatic heterocycles. The van der Waals surface area contributed by atoms with Crippen molar-refractivity contribution in [2.75, 3.05) is 11.5 Å². The summed E-state index contributed by atoms with van der Waals surface area (Å²) in [5.41, 5.74) is 7.09. The van der Waals surface area contributed by atoms with Crippen molar-refractivity contribution in [2.24, 2.45) is 5.73 Å². The number of sulfone groups is 1. The third-order valence-electron chi connectivity index (χ3n) is 3.39. The van der Waals surface area contributed by atoms with Crippen molar-refractivity contribution in [3.8, 4) is 0 Å². The monoisotopic (exact) mass is 291 g/mol. The number of halogens is 1. The number of nitrogens with zero attached hydrogens (tertiary/aromatic N) is 2. The molecule has 1 aromatic heterocycles. The predicted octanol–water partition coefficient (Wildman–Crippen LogP) is 0.923. The zero-order valence-corrected chi connectivity index (χ0v) is 12.2. The molecule has 0 aliphatic carbocycles. The molecule has 0 radical (unpaired) electrons. The Morgan fingerprint density at radius 3 is 2.72 bits per heavy atom. The molecule has 2 rings (SSSR count). The number of rotatable bonds is 3. The second-order valence-electron chi connectivity index (χ2n) is 5.04. The molecule has 5 nitrogen and oxygen atoms in total. The summed E-state index contributed by atoms with van der Waals surface area (Å²) in [5.74, 6) is 0.199. The first-order valence-corrected chi connectivity index (χ1v) is 8.17. The van der Waals surface area contributed by atoms with Gasteiger partial charge in [0, 0.05) is 18.5 Å². The second-order valence-corrected chi connectivity index (χ2v) is 7.61. The van der Waals surface area contributed by atoms with Gasteiger partial charge in [0.05, 0.1) is 27.9 Å². The Hall–Kier alpha value is -0.590. The number of hydrogen-bond acceptors (Lipinski definition) is 4. The molecule has 2 N–H and O–H groups in total. The quantitative estimate of drug-likeness (QED) is 0.898. The minimum Gasteiger partial charge on any atom is -0.324 e. The maximum Gasteiger partial charge on any atom is 0.152 e. The van der Waals surface area contributed by atoms with Crippen LogP contribution in [0.4, 0.5) is 0 Å². The van der Waals surface area contributed by atoms with Gasteiger partial charge in [0.1, 0.15) is 0 Å². The molecule has 2 heterocycles. The summed E-state index contributed by atoms with van der Waals surface area (Å²) >= 11 is 6.22. The molecule has 1 fully saturated rings. The van der Waals surface area contributed by atoms with Gasteiger partial charge in [0.2, 0.25) is 0 Å². The molecular weight excluding hydrogens is 274 g/mol. The van der Waals surface area contributed by atoms with Gasteiger partial charge in [0.25, 0.3) is 0 Å². The highest BCUT2D eigenvalue weighted by Crippen LogP contribution is 2.29. The lowest BCUT2D eigenvalue weighted by molar-refractivity contribution is 0.453. The molecule has 7 heteroatoms. The van der Waals surface area contributed by atoms with Gasteiger partial charge < -0.3 is 5.73 Å². The highest BCUT2D eigenvalue weighted by molar-refractivity contribution is 7.91. The zero-order chi connectivity index (χ0) is 13.6. The van der Waals surface area contributed by atoms with Gasteiger partial charge in [-0.2, -0.15) is 5.10 Å². The van der Waals surface area contributed by atoms with E-state index >= 15 is 0 Å². The van der Waals surface area contributed by atoms with Crippen LogP contribution in [-0.4, -0.2) is 35.2 Å². The molecule has 1 atom stereocenters. The van der Waals surface area contributed by atoms with Crippen LogP contribution >= 0.6 is 11.6 Å². The lowest BCUT2D eigenvalue weighted by Gasteiger charge is -2.22. The van der Waals surface area contributed by atoms with Crippen LogP contribution < -0.4 is 5.73 Å². The van der Waals surface area contributed by atoms with Gasteiger partial charge in [0.15, 0.2) is 9.84 Å². The SMILES string of the molecule is CCn1nc(C)c(Cl)c1CC1(N)CCS(=O)(=O)C1. The molecule has 1 aliphatic rings. The molecule has 1 aromatic rings. The molecule has 0 aromatic carbocycles. The summed E-state index contributed by atoms with van der Waals surface area (Å²) in [6, 6.07) is 0. The van der Waals surface area contributed by atoms with Gasteiger partial charge in [-0.25, -0.2) is 8.42 Å². The van der Waals surface area contributed by atoms with Crippen molar-refractivity contribution in [3.05, 3.63) is 16.4 Å². The number of aromatic nitrogens is 2. The summed E-state index contributed by atoms with van der Waals surface area (Å²) < 4.78 is 24.9. The third kappa shape index (κ3) is 2.55. The zero-order valence-electron chi connectivity index (χ0n) is 10.6.